The lowest BCUT2D eigenvalue weighted by Crippen LogP contribution is -2.28. The Morgan fingerprint density at radius 2 is 2.10 bits per heavy atom. The van der Waals surface area contributed by atoms with Crippen LogP contribution < -0.4 is 4.72 Å². The molecule has 0 amide bonds. The molecule has 114 valence electrons. The van der Waals surface area contributed by atoms with Gasteiger partial charge in [-0.25, -0.2) is 13.1 Å². The summed E-state index contributed by atoms with van der Waals surface area (Å²) in [6.45, 7) is 4.94. The van der Waals surface area contributed by atoms with Crippen molar-refractivity contribution in [3.05, 3.63) is 28.8 Å². The molecule has 2 N–H and O–H groups in total. The van der Waals surface area contributed by atoms with Crippen LogP contribution in [0.25, 0.3) is 0 Å². The highest BCUT2D eigenvalue weighted by Crippen LogP contribution is 2.20. The third-order valence-electron chi connectivity index (χ3n) is 2.49. The molecular formula is C13H20ClNO4S. The number of aliphatic hydroxyl groups excluding tert-OH is 1. The van der Waals surface area contributed by atoms with Crippen LogP contribution in [0.1, 0.15) is 19.4 Å². The quantitative estimate of drug-likeness (QED) is 0.716. The van der Waals surface area contributed by atoms with Crippen LogP contribution in [-0.4, -0.2) is 33.3 Å². The van der Waals surface area contributed by atoms with Crippen LogP contribution in [0.15, 0.2) is 23.1 Å². The van der Waals surface area contributed by atoms with Gasteiger partial charge in [0.05, 0.1) is 18.1 Å². The number of rotatable bonds is 8. The average Bonchev–Trinajstić information content (AvgIpc) is 2.37. The molecule has 0 saturated carbocycles. The Morgan fingerprint density at radius 3 is 2.65 bits per heavy atom. The lowest BCUT2D eigenvalue weighted by atomic mass is 10.2. The summed E-state index contributed by atoms with van der Waals surface area (Å²) >= 11 is 5.88. The van der Waals surface area contributed by atoms with Crippen molar-refractivity contribution in [1.82, 2.24) is 4.72 Å². The van der Waals surface area contributed by atoms with Gasteiger partial charge in [0.25, 0.3) is 0 Å². The van der Waals surface area contributed by atoms with Crippen molar-refractivity contribution in [2.45, 2.75) is 25.3 Å². The molecule has 0 atom stereocenters. The van der Waals surface area contributed by atoms with Crippen LogP contribution in [0, 0.1) is 5.92 Å². The Morgan fingerprint density at radius 1 is 1.40 bits per heavy atom. The van der Waals surface area contributed by atoms with Gasteiger partial charge in [0.1, 0.15) is 0 Å². The zero-order valence-corrected chi connectivity index (χ0v) is 13.2. The minimum Gasteiger partial charge on any atom is -0.392 e. The molecule has 7 heteroatoms. The molecule has 0 unspecified atom stereocenters. The van der Waals surface area contributed by atoms with E-state index < -0.39 is 10.0 Å². The first-order chi connectivity index (χ1) is 9.36. The molecule has 0 aromatic heterocycles. The average molecular weight is 322 g/mol. The van der Waals surface area contributed by atoms with Gasteiger partial charge in [0, 0.05) is 18.2 Å². The molecule has 5 nitrogen and oxygen atoms in total. The Balaban J connectivity index is 2.58. The number of benzene rings is 1. The van der Waals surface area contributed by atoms with E-state index in [9.17, 15) is 8.42 Å². The summed E-state index contributed by atoms with van der Waals surface area (Å²) in [5.74, 6) is 0.413. The Kier molecular flexibility index (Phi) is 6.91. The number of sulfonamides is 1. The predicted octanol–water partition coefficient (Wildman–Crippen LogP) is 1.78. The van der Waals surface area contributed by atoms with E-state index in [2.05, 4.69) is 4.72 Å². The molecule has 0 aliphatic carbocycles. The monoisotopic (exact) mass is 321 g/mol. The minimum atomic E-state index is -3.60. The standard InChI is InChI=1S/C13H20ClNO4S/c1-10(2)9-19-6-5-15-20(17,18)12-4-3-11(8-16)13(14)7-12/h3-4,7,10,15-16H,5-6,8-9H2,1-2H3. The van der Waals surface area contributed by atoms with Gasteiger partial charge in [-0.05, 0) is 23.6 Å². The summed E-state index contributed by atoms with van der Waals surface area (Å²) in [4.78, 5) is 0.0727. The number of halogens is 1. The summed E-state index contributed by atoms with van der Waals surface area (Å²) in [7, 11) is -3.60. The zero-order chi connectivity index (χ0) is 15.2. The van der Waals surface area contributed by atoms with Crippen molar-refractivity contribution in [2.75, 3.05) is 19.8 Å². The summed E-state index contributed by atoms with van der Waals surface area (Å²) in [5.41, 5.74) is 0.492. The van der Waals surface area contributed by atoms with E-state index >= 15 is 0 Å². The number of aliphatic hydroxyl groups is 1. The van der Waals surface area contributed by atoms with Gasteiger partial charge < -0.3 is 9.84 Å². The van der Waals surface area contributed by atoms with Crippen LogP contribution in [0.4, 0.5) is 0 Å². The van der Waals surface area contributed by atoms with Gasteiger partial charge in [-0.15, -0.1) is 0 Å². The second-order valence-corrected chi connectivity index (χ2v) is 6.95. The van der Waals surface area contributed by atoms with Crippen molar-refractivity contribution in [3.8, 4) is 0 Å². The topological polar surface area (TPSA) is 75.6 Å². The highest BCUT2D eigenvalue weighted by Gasteiger charge is 2.15. The molecule has 1 aromatic carbocycles. The Bertz CT molecular complexity index is 531. The van der Waals surface area contributed by atoms with Crippen LogP contribution in [0.5, 0.6) is 0 Å². The van der Waals surface area contributed by atoms with Crippen LogP contribution in [-0.2, 0) is 21.4 Å². The fourth-order valence-corrected chi connectivity index (χ4v) is 2.82. The molecule has 0 heterocycles. The first-order valence-corrected chi connectivity index (χ1v) is 8.19. The fourth-order valence-electron chi connectivity index (χ4n) is 1.47. The van der Waals surface area contributed by atoms with E-state index in [1.807, 2.05) is 13.8 Å². The van der Waals surface area contributed by atoms with Crippen molar-refractivity contribution in [3.63, 3.8) is 0 Å². The van der Waals surface area contributed by atoms with Gasteiger partial charge in [-0.1, -0.05) is 31.5 Å². The molecule has 0 fully saturated rings. The minimum absolute atomic E-state index is 0.0727. The van der Waals surface area contributed by atoms with E-state index in [1.165, 1.54) is 18.2 Å². The highest BCUT2D eigenvalue weighted by molar-refractivity contribution is 7.89. The van der Waals surface area contributed by atoms with E-state index in [1.54, 1.807) is 0 Å². The molecule has 0 bridgehead atoms. The normalized spacial score (nSPS) is 12.1. The van der Waals surface area contributed by atoms with Crippen LogP contribution in [0.2, 0.25) is 5.02 Å². The largest absolute Gasteiger partial charge is 0.392 e. The van der Waals surface area contributed by atoms with Gasteiger partial charge in [0.15, 0.2) is 0 Å². The van der Waals surface area contributed by atoms with Crippen molar-refractivity contribution in [2.24, 2.45) is 5.92 Å². The van der Waals surface area contributed by atoms with Crippen molar-refractivity contribution in [1.29, 1.82) is 0 Å². The molecule has 0 aliphatic rings. The highest BCUT2D eigenvalue weighted by atomic mass is 35.5. The molecule has 0 spiro atoms. The SMILES string of the molecule is CC(C)COCCNS(=O)(=O)c1ccc(CO)c(Cl)c1. The number of ether oxygens (including phenoxy) is 1. The molecule has 0 saturated heterocycles. The molecule has 1 rings (SSSR count). The smallest absolute Gasteiger partial charge is 0.240 e. The molecule has 0 radical (unpaired) electrons. The molecule has 0 aliphatic heterocycles. The molecule has 1 aromatic rings. The molecule has 20 heavy (non-hydrogen) atoms. The van der Waals surface area contributed by atoms with E-state index in [4.69, 9.17) is 21.4 Å². The van der Waals surface area contributed by atoms with E-state index in [0.717, 1.165) is 0 Å². The summed E-state index contributed by atoms with van der Waals surface area (Å²) in [5, 5.41) is 9.22. The van der Waals surface area contributed by atoms with Crippen LogP contribution >= 0.6 is 11.6 Å². The Labute approximate surface area is 125 Å². The van der Waals surface area contributed by atoms with Crippen molar-refractivity contribution >= 4 is 21.6 Å². The van der Waals surface area contributed by atoms with Gasteiger partial charge in [-0.2, -0.15) is 0 Å². The first kappa shape index (κ1) is 17.4. The fraction of sp³-hybridized carbons (Fsp3) is 0.538. The third kappa shape index (κ3) is 5.38. The van der Waals surface area contributed by atoms with Gasteiger partial charge in [0.2, 0.25) is 10.0 Å². The maximum absolute atomic E-state index is 12.0. The number of hydrogen-bond acceptors (Lipinski definition) is 4. The number of nitrogens with one attached hydrogen (secondary N) is 1. The lowest BCUT2D eigenvalue weighted by molar-refractivity contribution is 0.114. The zero-order valence-electron chi connectivity index (χ0n) is 11.6. The van der Waals surface area contributed by atoms with E-state index in [-0.39, 0.29) is 23.1 Å². The predicted molar refractivity (Wildman–Crippen MR) is 78.2 cm³/mol. The Hall–Kier alpha value is -0.660. The maximum Gasteiger partial charge on any atom is 0.240 e. The molecular weight excluding hydrogens is 302 g/mol. The van der Waals surface area contributed by atoms with Gasteiger partial charge >= 0.3 is 0 Å². The third-order valence-corrected chi connectivity index (χ3v) is 4.31. The van der Waals surface area contributed by atoms with Gasteiger partial charge in [-0.3, -0.25) is 0 Å². The van der Waals surface area contributed by atoms with Crippen LogP contribution in [0.3, 0.4) is 0 Å². The summed E-state index contributed by atoms with van der Waals surface area (Å²) in [6.07, 6.45) is 0. The second-order valence-electron chi connectivity index (χ2n) is 4.78. The maximum atomic E-state index is 12.0. The van der Waals surface area contributed by atoms with E-state index in [0.29, 0.717) is 24.7 Å². The second kappa shape index (κ2) is 7.95. The summed E-state index contributed by atoms with van der Waals surface area (Å²) < 4.78 is 31.7. The summed E-state index contributed by atoms with van der Waals surface area (Å²) in [6, 6.07) is 4.23. The lowest BCUT2D eigenvalue weighted by Gasteiger charge is -2.10. The van der Waals surface area contributed by atoms with Crippen molar-refractivity contribution < 1.29 is 18.3 Å². The first-order valence-electron chi connectivity index (χ1n) is 6.33. The number of hydrogen-bond donors (Lipinski definition) is 2.